The van der Waals surface area contributed by atoms with E-state index in [4.69, 9.17) is 18.9 Å². The van der Waals surface area contributed by atoms with Gasteiger partial charge in [0.25, 0.3) is 0 Å². The maximum absolute atomic E-state index is 12.4. The van der Waals surface area contributed by atoms with Crippen LogP contribution in [0, 0.1) is 13.8 Å². The predicted octanol–water partition coefficient (Wildman–Crippen LogP) is 8.64. The highest BCUT2D eigenvalue weighted by atomic mass is 16.6. The molecule has 8 nitrogen and oxygen atoms in total. The highest BCUT2D eigenvalue weighted by Crippen LogP contribution is 2.43. The predicted molar refractivity (Wildman–Crippen MR) is 174 cm³/mol. The lowest BCUT2D eigenvalue weighted by Crippen LogP contribution is -2.25. The standard InChI is InChI=1S/C36H36N2O6/c1-23-15-17-29-31(19-23)33(41-21-25(3)43-35(39)37-27-11-7-5-8-12-27)30-18-16-24(2)20-32(30)34(29)42-22-26(4)44-36(40)38-28-13-9-6-10-14-28/h5-20,25-26H,21-22H2,1-4H3,(H,37,39)(H,38,40). The van der Waals surface area contributed by atoms with Crippen LogP contribution in [0.2, 0.25) is 0 Å². The normalized spacial score (nSPS) is 12.3. The summed E-state index contributed by atoms with van der Waals surface area (Å²) in [6, 6.07) is 30.4. The third kappa shape index (κ3) is 7.58. The molecule has 0 bridgehead atoms. The van der Waals surface area contributed by atoms with Gasteiger partial charge in [-0.05, 0) is 64.1 Å². The minimum atomic E-state index is -0.550. The minimum Gasteiger partial charge on any atom is -0.488 e. The molecule has 5 aromatic carbocycles. The highest BCUT2D eigenvalue weighted by molar-refractivity contribution is 6.11. The van der Waals surface area contributed by atoms with Crippen molar-refractivity contribution in [2.24, 2.45) is 0 Å². The second-order valence-corrected chi connectivity index (χ2v) is 10.8. The zero-order valence-electron chi connectivity index (χ0n) is 25.3. The van der Waals surface area contributed by atoms with Gasteiger partial charge in [0.1, 0.15) is 36.9 Å². The van der Waals surface area contributed by atoms with Crippen LogP contribution in [0.5, 0.6) is 11.5 Å². The Labute approximate surface area is 256 Å². The van der Waals surface area contributed by atoms with Crippen LogP contribution in [0.4, 0.5) is 21.0 Å². The average molecular weight is 593 g/mol. The maximum Gasteiger partial charge on any atom is 0.412 e. The van der Waals surface area contributed by atoms with E-state index in [1.807, 2.05) is 74.5 Å². The van der Waals surface area contributed by atoms with Crippen LogP contribution in [0.1, 0.15) is 25.0 Å². The molecule has 5 rings (SSSR count). The molecule has 5 aromatic rings. The second kappa shape index (κ2) is 13.8. The van der Waals surface area contributed by atoms with Gasteiger partial charge >= 0.3 is 12.2 Å². The van der Waals surface area contributed by atoms with E-state index in [-0.39, 0.29) is 13.2 Å². The third-order valence-corrected chi connectivity index (χ3v) is 6.91. The van der Waals surface area contributed by atoms with Gasteiger partial charge in [-0.2, -0.15) is 0 Å². The fourth-order valence-electron chi connectivity index (χ4n) is 4.86. The largest absolute Gasteiger partial charge is 0.488 e. The van der Waals surface area contributed by atoms with E-state index >= 15 is 0 Å². The summed E-state index contributed by atoms with van der Waals surface area (Å²) in [6.45, 7) is 7.91. The molecule has 0 aliphatic heterocycles. The molecule has 0 radical (unpaired) electrons. The fourth-order valence-corrected chi connectivity index (χ4v) is 4.86. The molecule has 2 unspecified atom stereocenters. The van der Waals surface area contributed by atoms with Crippen LogP contribution in [0.25, 0.3) is 21.5 Å². The monoisotopic (exact) mass is 592 g/mol. The summed E-state index contributed by atoms with van der Waals surface area (Å²) in [5, 5.41) is 8.92. The number of amides is 2. The number of rotatable bonds is 10. The van der Waals surface area contributed by atoms with Crippen LogP contribution >= 0.6 is 0 Å². The highest BCUT2D eigenvalue weighted by Gasteiger charge is 2.20. The summed E-state index contributed by atoms with van der Waals surface area (Å²) >= 11 is 0. The first kappa shape index (κ1) is 30.2. The molecule has 0 spiro atoms. The summed E-state index contributed by atoms with van der Waals surface area (Å²) < 4.78 is 23.9. The zero-order valence-corrected chi connectivity index (χ0v) is 25.3. The van der Waals surface area contributed by atoms with Gasteiger partial charge in [0.05, 0.1) is 0 Å². The van der Waals surface area contributed by atoms with Crippen LogP contribution in [-0.4, -0.2) is 37.6 Å². The topological polar surface area (TPSA) is 95.1 Å². The molecule has 226 valence electrons. The Morgan fingerprint density at radius 2 is 0.955 bits per heavy atom. The molecule has 0 aromatic heterocycles. The molecule has 0 fully saturated rings. The Balaban J connectivity index is 1.35. The third-order valence-electron chi connectivity index (χ3n) is 6.91. The van der Waals surface area contributed by atoms with E-state index < -0.39 is 24.4 Å². The first-order valence-electron chi connectivity index (χ1n) is 14.5. The van der Waals surface area contributed by atoms with Crippen molar-refractivity contribution in [3.8, 4) is 11.5 Å². The molecule has 44 heavy (non-hydrogen) atoms. The number of nitrogens with one attached hydrogen (secondary N) is 2. The number of ether oxygens (including phenoxy) is 4. The molecule has 0 heterocycles. The van der Waals surface area contributed by atoms with E-state index in [1.165, 1.54) is 0 Å². The van der Waals surface area contributed by atoms with E-state index in [0.717, 1.165) is 32.7 Å². The number of carbonyl (C=O) groups is 2. The van der Waals surface area contributed by atoms with Gasteiger partial charge in [0.15, 0.2) is 0 Å². The van der Waals surface area contributed by atoms with Gasteiger partial charge in [0, 0.05) is 32.9 Å². The molecule has 0 aliphatic rings. The van der Waals surface area contributed by atoms with E-state index in [9.17, 15) is 9.59 Å². The lowest BCUT2D eigenvalue weighted by Gasteiger charge is -2.21. The summed E-state index contributed by atoms with van der Waals surface area (Å²) in [5.74, 6) is 1.35. The quantitative estimate of drug-likeness (QED) is 0.158. The van der Waals surface area contributed by atoms with Crippen molar-refractivity contribution in [3.05, 3.63) is 108 Å². The summed E-state index contributed by atoms with van der Waals surface area (Å²) in [6.07, 6.45) is -2.14. The van der Waals surface area contributed by atoms with Crippen LogP contribution < -0.4 is 20.1 Å². The fraction of sp³-hybridized carbons (Fsp3) is 0.222. The second-order valence-electron chi connectivity index (χ2n) is 10.8. The van der Waals surface area contributed by atoms with Gasteiger partial charge in [-0.3, -0.25) is 10.6 Å². The Bertz CT molecular complexity index is 1630. The number of hydrogen-bond acceptors (Lipinski definition) is 6. The number of aryl methyl sites for hydroxylation is 2. The van der Waals surface area contributed by atoms with Gasteiger partial charge in [-0.15, -0.1) is 0 Å². The molecule has 0 saturated carbocycles. The van der Waals surface area contributed by atoms with Crippen molar-refractivity contribution < 1.29 is 28.5 Å². The summed E-state index contributed by atoms with van der Waals surface area (Å²) in [5.41, 5.74) is 3.42. The Morgan fingerprint density at radius 1 is 0.568 bits per heavy atom. The van der Waals surface area contributed by atoms with Crippen molar-refractivity contribution in [2.75, 3.05) is 23.8 Å². The van der Waals surface area contributed by atoms with Crippen LogP contribution in [0.3, 0.4) is 0 Å². The smallest absolute Gasteiger partial charge is 0.412 e. The summed E-state index contributed by atoms with van der Waals surface area (Å²) in [4.78, 5) is 24.9. The Kier molecular flexibility index (Phi) is 9.49. The molecule has 2 atom stereocenters. The lowest BCUT2D eigenvalue weighted by molar-refractivity contribution is 0.0854. The number of anilines is 2. The zero-order chi connectivity index (χ0) is 31.1. The lowest BCUT2D eigenvalue weighted by atomic mass is 9.97. The number of hydrogen-bond donors (Lipinski definition) is 2. The van der Waals surface area contributed by atoms with Gasteiger partial charge in [-0.25, -0.2) is 9.59 Å². The first-order chi connectivity index (χ1) is 21.3. The van der Waals surface area contributed by atoms with Gasteiger partial charge in [-0.1, -0.05) is 71.8 Å². The molecule has 0 saturated heterocycles. The van der Waals surface area contributed by atoms with Crippen molar-refractivity contribution in [3.63, 3.8) is 0 Å². The SMILES string of the molecule is Cc1ccc2c(OCC(C)OC(=O)Nc3ccccc3)c3cc(C)ccc3c(OCC(C)OC(=O)Nc3ccccc3)c2c1. The van der Waals surface area contributed by atoms with Crippen molar-refractivity contribution in [1.82, 2.24) is 0 Å². The molecule has 8 heteroatoms. The van der Waals surface area contributed by atoms with Gasteiger partial charge in [0.2, 0.25) is 0 Å². The average Bonchev–Trinajstić information content (AvgIpc) is 2.99. The Hall–Kier alpha value is -5.24. The molecule has 2 N–H and O–H groups in total. The first-order valence-corrected chi connectivity index (χ1v) is 14.5. The van der Waals surface area contributed by atoms with Crippen molar-refractivity contribution >= 4 is 45.1 Å². The van der Waals surface area contributed by atoms with Crippen LogP contribution in [-0.2, 0) is 9.47 Å². The number of para-hydroxylation sites is 2. The molecular formula is C36H36N2O6. The van der Waals surface area contributed by atoms with E-state index in [1.54, 1.807) is 38.1 Å². The number of carbonyl (C=O) groups excluding carboxylic acids is 2. The van der Waals surface area contributed by atoms with E-state index in [2.05, 4.69) is 22.8 Å². The Morgan fingerprint density at radius 3 is 1.34 bits per heavy atom. The molecular weight excluding hydrogens is 556 g/mol. The van der Waals surface area contributed by atoms with Crippen molar-refractivity contribution in [2.45, 2.75) is 39.9 Å². The maximum atomic E-state index is 12.4. The van der Waals surface area contributed by atoms with E-state index in [0.29, 0.717) is 22.9 Å². The molecule has 2 amide bonds. The van der Waals surface area contributed by atoms with Crippen LogP contribution in [0.15, 0.2) is 97.1 Å². The molecule has 0 aliphatic carbocycles. The van der Waals surface area contributed by atoms with Gasteiger partial charge < -0.3 is 18.9 Å². The van der Waals surface area contributed by atoms with Crippen molar-refractivity contribution in [1.29, 1.82) is 0 Å². The number of fused-ring (bicyclic) bond motifs is 2. The number of benzene rings is 5. The summed E-state index contributed by atoms with van der Waals surface area (Å²) in [7, 11) is 0. The minimum absolute atomic E-state index is 0.149.